The van der Waals surface area contributed by atoms with Crippen LogP contribution >= 0.6 is 0 Å². The third-order valence-corrected chi connectivity index (χ3v) is 6.49. The highest BCUT2D eigenvalue weighted by atomic mass is 16.6. The number of hydrogen-bond acceptors (Lipinski definition) is 6. The summed E-state index contributed by atoms with van der Waals surface area (Å²) in [5.74, 6) is 0. The van der Waals surface area contributed by atoms with Crippen LogP contribution in [0, 0.1) is 0 Å². The van der Waals surface area contributed by atoms with Gasteiger partial charge in [-0.3, -0.25) is 0 Å². The molecule has 0 aliphatic rings. The summed E-state index contributed by atoms with van der Waals surface area (Å²) in [5, 5.41) is 10.5. The standard InChI is InChI=1S/C34H36O6/c35-21-31(37-23-27-13-5-1-6-14-27)33(39-25-29-17-9-3-10-18-29)34(40-26-30-19-11-4-12-20-30)32(22-36)38-24-28-15-7-2-8-16-28/h1-21,31-34,36H,22-26H2/t31-,32-,33-,34-/m0/s1. The molecule has 40 heavy (non-hydrogen) atoms. The van der Waals surface area contributed by atoms with Crippen LogP contribution in [0.5, 0.6) is 0 Å². The van der Waals surface area contributed by atoms with Gasteiger partial charge in [0, 0.05) is 0 Å². The first-order valence-corrected chi connectivity index (χ1v) is 13.4. The summed E-state index contributed by atoms with van der Waals surface area (Å²) < 4.78 is 25.1. The minimum Gasteiger partial charge on any atom is -0.394 e. The van der Waals surface area contributed by atoms with Gasteiger partial charge in [0.25, 0.3) is 0 Å². The molecule has 0 spiro atoms. The molecular weight excluding hydrogens is 504 g/mol. The second-order valence-electron chi connectivity index (χ2n) is 9.44. The van der Waals surface area contributed by atoms with Crippen LogP contribution < -0.4 is 0 Å². The van der Waals surface area contributed by atoms with Crippen molar-refractivity contribution in [3.8, 4) is 0 Å². The Bertz CT molecular complexity index is 1220. The zero-order chi connectivity index (χ0) is 27.8. The lowest BCUT2D eigenvalue weighted by Crippen LogP contribution is -2.51. The lowest BCUT2D eigenvalue weighted by Gasteiger charge is -2.35. The number of carbonyl (C=O) groups excluding carboxylic acids is 1. The third-order valence-electron chi connectivity index (χ3n) is 6.49. The lowest BCUT2D eigenvalue weighted by atomic mass is 10.0. The van der Waals surface area contributed by atoms with Gasteiger partial charge in [0.1, 0.15) is 24.4 Å². The quantitative estimate of drug-likeness (QED) is 0.178. The molecule has 4 aromatic rings. The van der Waals surface area contributed by atoms with E-state index in [1.165, 1.54) is 0 Å². The molecular formula is C34H36O6. The summed E-state index contributed by atoms with van der Waals surface area (Å²) in [5.41, 5.74) is 3.77. The molecule has 0 aromatic heterocycles. The summed E-state index contributed by atoms with van der Waals surface area (Å²) in [7, 11) is 0. The first-order valence-electron chi connectivity index (χ1n) is 13.4. The zero-order valence-corrected chi connectivity index (χ0v) is 22.5. The van der Waals surface area contributed by atoms with Gasteiger partial charge < -0.3 is 28.8 Å². The van der Waals surface area contributed by atoms with Crippen molar-refractivity contribution in [1.29, 1.82) is 0 Å². The second-order valence-corrected chi connectivity index (χ2v) is 9.44. The Morgan fingerprint density at radius 1 is 0.500 bits per heavy atom. The van der Waals surface area contributed by atoms with Gasteiger partial charge in [0.15, 0.2) is 6.29 Å². The van der Waals surface area contributed by atoms with Crippen LogP contribution in [0.25, 0.3) is 0 Å². The van der Waals surface area contributed by atoms with E-state index in [4.69, 9.17) is 18.9 Å². The molecule has 0 aliphatic carbocycles. The normalized spacial score (nSPS) is 14.2. The maximum Gasteiger partial charge on any atom is 0.151 e. The molecule has 0 bridgehead atoms. The summed E-state index contributed by atoms with van der Waals surface area (Å²) in [4.78, 5) is 12.5. The van der Waals surface area contributed by atoms with Crippen LogP contribution in [-0.4, -0.2) is 42.4 Å². The summed E-state index contributed by atoms with van der Waals surface area (Å²) in [6, 6.07) is 38.8. The van der Waals surface area contributed by atoms with Gasteiger partial charge >= 0.3 is 0 Å². The first kappa shape index (κ1) is 29.3. The topological polar surface area (TPSA) is 74.2 Å². The van der Waals surface area contributed by atoms with Gasteiger partial charge in [-0.15, -0.1) is 0 Å². The molecule has 208 valence electrons. The highest BCUT2D eigenvalue weighted by molar-refractivity contribution is 5.57. The van der Waals surface area contributed by atoms with Crippen molar-refractivity contribution in [3.63, 3.8) is 0 Å². The largest absolute Gasteiger partial charge is 0.394 e. The molecule has 0 radical (unpaired) electrons. The highest BCUT2D eigenvalue weighted by Crippen LogP contribution is 2.22. The van der Waals surface area contributed by atoms with Crippen LogP contribution in [-0.2, 0) is 50.2 Å². The molecule has 6 heteroatoms. The molecule has 0 amide bonds. The van der Waals surface area contributed by atoms with Gasteiger partial charge in [-0.25, -0.2) is 0 Å². The molecule has 0 saturated carbocycles. The summed E-state index contributed by atoms with van der Waals surface area (Å²) in [6.07, 6.45) is -2.70. The summed E-state index contributed by atoms with van der Waals surface area (Å²) in [6.45, 7) is 0.620. The third kappa shape index (κ3) is 9.23. The van der Waals surface area contributed by atoms with Gasteiger partial charge in [-0.05, 0) is 22.3 Å². The van der Waals surface area contributed by atoms with E-state index in [1.807, 2.05) is 121 Å². The van der Waals surface area contributed by atoms with Crippen molar-refractivity contribution >= 4 is 6.29 Å². The second kappa shape index (κ2) is 16.5. The van der Waals surface area contributed by atoms with Crippen LogP contribution in [0.2, 0.25) is 0 Å². The average Bonchev–Trinajstić information content (AvgIpc) is 3.02. The fraction of sp³-hybridized carbons (Fsp3) is 0.265. The number of carbonyl (C=O) groups is 1. The Morgan fingerprint density at radius 2 is 0.850 bits per heavy atom. The Kier molecular flexibility index (Phi) is 12.1. The van der Waals surface area contributed by atoms with Crippen molar-refractivity contribution in [2.45, 2.75) is 50.8 Å². The van der Waals surface area contributed by atoms with E-state index in [2.05, 4.69) is 0 Å². The van der Waals surface area contributed by atoms with E-state index in [0.29, 0.717) is 0 Å². The average molecular weight is 541 g/mol. The molecule has 6 nitrogen and oxygen atoms in total. The van der Waals surface area contributed by atoms with Crippen molar-refractivity contribution in [1.82, 2.24) is 0 Å². The Hall–Kier alpha value is -3.65. The molecule has 0 heterocycles. The van der Waals surface area contributed by atoms with Gasteiger partial charge in [-0.1, -0.05) is 121 Å². The molecule has 4 atom stereocenters. The fourth-order valence-electron chi connectivity index (χ4n) is 4.33. The van der Waals surface area contributed by atoms with Crippen LogP contribution in [0.15, 0.2) is 121 Å². The van der Waals surface area contributed by atoms with Crippen molar-refractivity contribution in [2.24, 2.45) is 0 Å². The molecule has 0 unspecified atom stereocenters. The number of hydrogen-bond donors (Lipinski definition) is 1. The molecule has 0 saturated heterocycles. The van der Waals surface area contributed by atoms with Crippen molar-refractivity contribution in [3.05, 3.63) is 144 Å². The minimum absolute atomic E-state index is 0.218. The Labute approximate surface area is 236 Å². The summed E-state index contributed by atoms with van der Waals surface area (Å²) >= 11 is 0. The Morgan fingerprint density at radius 3 is 1.23 bits per heavy atom. The van der Waals surface area contributed by atoms with E-state index in [-0.39, 0.29) is 33.0 Å². The first-order chi connectivity index (χ1) is 19.8. The van der Waals surface area contributed by atoms with Crippen LogP contribution in [0.1, 0.15) is 22.3 Å². The van der Waals surface area contributed by atoms with Crippen molar-refractivity contribution < 1.29 is 28.8 Å². The van der Waals surface area contributed by atoms with E-state index in [9.17, 15) is 9.90 Å². The molecule has 4 rings (SSSR count). The van der Waals surface area contributed by atoms with Gasteiger partial charge in [0.05, 0.1) is 33.0 Å². The predicted octanol–water partition coefficient (Wildman–Crippen LogP) is 5.52. The number of ether oxygens (including phenoxy) is 4. The Balaban J connectivity index is 1.60. The monoisotopic (exact) mass is 540 g/mol. The molecule has 0 aliphatic heterocycles. The van der Waals surface area contributed by atoms with E-state index in [1.54, 1.807) is 0 Å². The number of aldehydes is 1. The molecule has 0 fully saturated rings. The molecule has 1 N–H and O–H groups in total. The number of aliphatic hydroxyl groups is 1. The number of benzene rings is 4. The maximum absolute atomic E-state index is 12.5. The van der Waals surface area contributed by atoms with Crippen molar-refractivity contribution in [2.75, 3.05) is 6.61 Å². The van der Waals surface area contributed by atoms with E-state index in [0.717, 1.165) is 28.5 Å². The number of rotatable bonds is 17. The SMILES string of the molecule is O=C[C@H](OCc1ccccc1)[C@H](OCc1ccccc1)[C@@H](OCc1ccccc1)[C@H](CO)OCc1ccccc1. The van der Waals surface area contributed by atoms with Gasteiger partial charge in [-0.2, -0.15) is 0 Å². The smallest absolute Gasteiger partial charge is 0.151 e. The lowest BCUT2D eigenvalue weighted by molar-refractivity contribution is -0.194. The minimum atomic E-state index is -0.973. The fourth-order valence-corrected chi connectivity index (χ4v) is 4.33. The maximum atomic E-state index is 12.5. The number of aliphatic hydroxyl groups excluding tert-OH is 1. The zero-order valence-electron chi connectivity index (χ0n) is 22.5. The van der Waals surface area contributed by atoms with Crippen LogP contribution in [0.4, 0.5) is 0 Å². The van der Waals surface area contributed by atoms with E-state index < -0.39 is 24.4 Å². The highest BCUT2D eigenvalue weighted by Gasteiger charge is 2.38. The van der Waals surface area contributed by atoms with Crippen LogP contribution in [0.3, 0.4) is 0 Å². The molecule has 4 aromatic carbocycles. The predicted molar refractivity (Wildman–Crippen MR) is 153 cm³/mol. The van der Waals surface area contributed by atoms with E-state index >= 15 is 0 Å². The van der Waals surface area contributed by atoms with Gasteiger partial charge in [0.2, 0.25) is 0 Å².